The number of hydrogen-bond acceptors (Lipinski definition) is 2. The van der Waals surface area contributed by atoms with Crippen LogP contribution in [0.2, 0.25) is 0 Å². The second-order valence-electron chi connectivity index (χ2n) is 6.08. The van der Waals surface area contributed by atoms with E-state index in [1.54, 1.807) is 12.1 Å². The molecule has 0 radical (unpaired) electrons. The lowest BCUT2D eigenvalue weighted by Gasteiger charge is -2.38. The second-order valence-corrected chi connectivity index (χ2v) is 6.08. The minimum Gasteiger partial charge on any atom is -0.381 e. The molecule has 2 rings (SSSR count). The number of halogens is 1. The van der Waals surface area contributed by atoms with E-state index in [0.717, 1.165) is 51.1 Å². The maximum absolute atomic E-state index is 13.2. The van der Waals surface area contributed by atoms with Gasteiger partial charge in [-0.25, -0.2) is 4.39 Å². The average molecular weight is 279 g/mol. The average Bonchev–Trinajstić information content (AvgIpc) is 2.44. The highest BCUT2D eigenvalue weighted by Gasteiger charge is 2.33. The van der Waals surface area contributed by atoms with Gasteiger partial charge in [0, 0.05) is 18.6 Å². The first-order valence-electron chi connectivity index (χ1n) is 7.69. The van der Waals surface area contributed by atoms with Gasteiger partial charge >= 0.3 is 0 Å². The molecule has 0 aliphatic carbocycles. The first kappa shape index (κ1) is 15.5. The molecule has 1 aliphatic rings. The topological polar surface area (TPSA) is 21.3 Å². The zero-order valence-electron chi connectivity index (χ0n) is 12.7. The Morgan fingerprint density at radius 2 is 2.25 bits per heavy atom. The fraction of sp³-hybridized carbons (Fsp3) is 0.647. The highest BCUT2D eigenvalue weighted by molar-refractivity contribution is 5.28. The molecule has 1 aliphatic heterocycles. The second kappa shape index (κ2) is 7.19. The first-order chi connectivity index (χ1) is 9.65. The maximum Gasteiger partial charge on any atom is 0.123 e. The molecule has 0 spiro atoms. The number of aryl methyl sites for hydroxylation is 1. The number of benzene rings is 1. The number of nitrogens with one attached hydrogen (secondary N) is 1. The Bertz CT molecular complexity index is 427. The third kappa shape index (κ3) is 4.03. The molecule has 112 valence electrons. The molecular formula is C17H26FNO. The number of rotatable bonds is 6. The fourth-order valence-corrected chi connectivity index (χ4v) is 3.04. The van der Waals surface area contributed by atoms with Gasteiger partial charge in [-0.2, -0.15) is 0 Å². The Balaban J connectivity index is 2.10. The van der Waals surface area contributed by atoms with Crippen molar-refractivity contribution in [3.05, 3.63) is 35.1 Å². The van der Waals surface area contributed by atoms with Crippen molar-refractivity contribution in [2.45, 2.75) is 39.5 Å². The van der Waals surface area contributed by atoms with Crippen molar-refractivity contribution in [1.29, 1.82) is 0 Å². The van der Waals surface area contributed by atoms with E-state index in [-0.39, 0.29) is 11.2 Å². The summed E-state index contributed by atoms with van der Waals surface area (Å²) >= 11 is 0. The van der Waals surface area contributed by atoms with Gasteiger partial charge in [-0.1, -0.05) is 13.0 Å². The van der Waals surface area contributed by atoms with Crippen molar-refractivity contribution in [3.8, 4) is 0 Å². The Morgan fingerprint density at radius 3 is 2.90 bits per heavy atom. The summed E-state index contributed by atoms with van der Waals surface area (Å²) < 4.78 is 19.0. The molecule has 0 bridgehead atoms. The SMILES string of the molecule is CCCNCC1(Cc2ccc(F)cc2C)CCCOC1. The molecule has 0 amide bonds. The predicted octanol–water partition coefficient (Wildman–Crippen LogP) is 3.47. The fourth-order valence-electron chi connectivity index (χ4n) is 3.04. The zero-order valence-corrected chi connectivity index (χ0v) is 12.7. The number of ether oxygens (including phenoxy) is 1. The van der Waals surface area contributed by atoms with Crippen LogP contribution < -0.4 is 5.32 Å². The van der Waals surface area contributed by atoms with E-state index in [0.29, 0.717) is 0 Å². The van der Waals surface area contributed by atoms with Crippen LogP contribution in [-0.4, -0.2) is 26.3 Å². The molecule has 0 aromatic heterocycles. The van der Waals surface area contributed by atoms with Gasteiger partial charge in [-0.15, -0.1) is 0 Å². The van der Waals surface area contributed by atoms with Gasteiger partial charge in [-0.3, -0.25) is 0 Å². The Morgan fingerprint density at radius 1 is 1.40 bits per heavy atom. The van der Waals surface area contributed by atoms with Crippen LogP contribution in [0.25, 0.3) is 0 Å². The van der Waals surface area contributed by atoms with E-state index in [9.17, 15) is 4.39 Å². The van der Waals surface area contributed by atoms with E-state index >= 15 is 0 Å². The molecular weight excluding hydrogens is 253 g/mol. The summed E-state index contributed by atoms with van der Waals surface area (Å²) in [7, 11) is 0. The minimum absolute atomic E-state index is 0.149. The Hall–Kier alpha value is -0.930. The van der Waals surface area contributed by atoms with E-state index in [1.807, 2.05) is 13.0 Å². The van der Waals surface area contributed by atoms with Gasteiger partial charge in [0.25, 0.3) is 0 Å². The normalized spacial score (nSPS) is 22.9. The molecule has 1 N–H and O–H groups in total. The van der Waals surface area contributed by atoms with Crippen LogP contribution in [0.5, 0.6) is 0 Å². The van der Waals surface area contributed by atoms with Crippen LogP contribution in [0.15, 0.2) is 18.2 Å². The van der Waals surface area contributed by atoms with Crippen molar-refractivity contribution in [3.63, 3.8) is 0 Å². The lowest BCUT2D eigenvalue weighted by atomic mass is 9.76. The quantitative estimate of drug-likeness (QED) is 0.805. The summed E-state index contributed by atoms with van der Waals surface area (Å²) in [5.74, 6) is -0.149. The molecule has 1 fully saturated rings. The van der Waals surface area contributed by atoms with Gasteiger partial charge in [0.1, 0.15) is 5.82 Å². The summed E-state index contributed by atoms with van der Waals surface area (Å²) in [4.78, 5) is 0. The van der Waals surface area contributed by atoms with Crippen molar-refractivity contribution in [2.24, 2.45) is 5.41 Å². The third-order valence-electron chi connectivity index (χ3n) is 4.20. The van der Waals surface area contributed by atoms with Gasteiger partial charge in [0.05, 0.1) is 6.61 Å². The third-order valence-corrected chi connectivity index (χ3v) is 4.20. The van der Waals surface area contributed by atoms with Crippen LogP contribution in [0, 0.1) is 18.2 Å². The van der Waals surface area contributed by atoms with Gasteiger partial charge in [0.2, 0.25) is 0 Å². The van der Waals surface area contributed by atoms with Crippen LogP contribution in [0.1, 0.15) is 37.3 Å². The molecule has 20 heavy (non-hydrogen) atoms. The zero-order chi connectivity index (χ0) is 14.4. The lowest BCUT2D eigenvalue weighted by molar-refractivity contribution is -0.00714. The number of hydrogen-bond donors (Lipinski definition) is 1. The van der Waals surface area contributed by atoms with Crippen LogP contribution >= 0.6 is 0 Å². The molecule has 1 atom stereocenters. The predicted molar refractivity (Wildman–Crippen MR) is 80.5 cm³/mol. The van der Waals surface area contributed by atoms with Gasteiger partial charge < -0.3 is 10.1 Å². The highest BCUT2D eigenvalue weighted by Crippen LogP contribution is 2.33. The molecule has 1 aromatic carbocycles. The van der Waals surface area contributed by atoms with Gasteiger partial charge in [-0.05, 0) is 62.4 Å². The lowest BCUT2D eigenvalue weighted by Crippen LogP contribution is -2.43. The van der Waals surface area contributed by atoms with E-state index in [4.69, 9.17) is 4.74 Å². The van der Waals surface area contributed by atoms with E-state index < -0.39 is 0 Å². The largest absolute Gasteiger partial charge is 0.381 e. The monoisotopic (exact) mass is 279 g/mol. The standard InChI is InChI=1S/C17H26FNO/c1-3-8-19-12-17(7-4-9-20-13-17)11-15-5-6-16(18)10-14(15)2/h5-6,10,19H,3-4,7-9,11-13H2,1-2H3. The van der Waals surface area contributed by atoms with Crippen LogP contribution in [-0.2, 0) is 11.2 Å². The Kier molecular flexibility index (Phi) is 5.55. The molecule has 0 saturated carbocycles. The van der Waals surface area contributed by atoms with Crippen molar-refractivity contribution in [1.82, 2.24) is 5.32 Å². The summed E-state index contributed by atoms with van der Waals surface area (Å²) in [5, 5.41) is 3.54. The van der Waals surface area contributed by atoms with Crippen molar-refractivity contribution < 1.29 is 9.13 Å². The first-order valence-corrected chi connectivity index (χ1v) is 7.69. The summed E-state index contributed by atoms with van der Waals surface area (Å²) in [6.07, 6.45) is 4.41. The van der Waals surface area contributed by atoms with Crippen molar-refractivity contribution in [2.75, 3.05) is 26.3 Å². The van der Waals surface area contributed by atoms with Crippen LogP contribution in [0.4, 0.5) is 4.39 Å². The minimum atomic E-state index is -0.149. The summed E-state index contributed by atoms with van der Waals surface area (Å²) in [5.41, 5.74) is 2.45. The maximum atomic E-state index is 13.2. The Labute approximate surface area is 121 Å². The molecule has 1 saturated heterocycles. The van der Waals surface area contributed by atoms with E-state index in [1.165, 1.54) is 12.0 Å². The molecule has 1 aromatic rings. The van der Waals surface area contributed by atoms with Crippen LogP contribution in [0.3, 0.4) is 0 Å². The smallest absolute Gasteiger partial charge is 0.123 e. The molecule has 1 heterocycles. The summed E-state index contributed by atoms with van der Waals surface area (Å²) in [6, 6.07) is 5.13. The van der Waals surface area contributed by atoms with Gasteiger partial charge in [0.15, 0.2) is 0 Å². The van der Waals surface area contributed by atoms with Crippen molar-refractivity contribution >= 4 is 0 Å². The highest BCUT2D eigenvalue weighted by atomic mass is 19.1. The molecule has 3 heteroatoms. The van der Waals surface area contributed by atoms with E-state index in [2.05, 4.69) is 12.2 Å². The molecule has 1 unspecified atom stereocenters. The summed E-state index contributed by atoms with van der Waals surface area (Å²) in [6.45, 7) is 7.89. The molecule has 2 nitrogen and oxygen atoms in total.